The molecular weight excluding hydrogens is 532 g/mol. The predicted octanol–water partition coefficient (Wildman–Crippen LogP) is 4.15. The zero-order valence-electron chi connectivity index (χ0n) is 24.5. The second-order valence-corrected chi connectivity index (χ2v) is 8.51. The molecule has 0 N–H and O–H groups in total. The first-order chi connectivity index (χ1) is 20.2. The van der Waals surface area contributed by atoms with Gasteiger partial charge in [-0.05, 0) is 42.3 Å². The molecule has 0 spiro atoms. The number of hydrogen-bond donors (Lipinski definition) is 0. The first-order valence-electron chi connectivity index (χ1n) is 13.8. The number of benzene rings is 2. The summed E-state index contributed by atoms with van der Waals surface area (Å²) in [6.07, 6.45) is 3.93. The molecule has 0 saturated carbocycles. The van der Waals surface area contributed by atoms with Crippen molar-refractivity contribution in [2.24, 2.45) is 0 Å². The Hall–Kier alpha value is -2.99. The number of carbonyl (C=O) groups is 1. The SMILES string of the molecule is CCOC(=O)c1ccc(/C=C/c2ccc(OCCOCCOCCOC)c(OCCOCCOCCOC)c2)cc1. The fourth-order valence-corrected chi connectivity index (χ4v) is 3.35. The van der Waals surface area contributed by atoms with Crippen LogP contribution >= 0.6 is 0 Å². The summed E-state index contributed by atoms with van der Waals surface area (Å²) in [7, 11) is 3.28. The minimum absolute atomic E-state index is 0.330. The molecule has 10 nitrogen and oxygen atoms in total. The van der Waals surface area contributed by atoms with E-state index in [2.05, 4.69) is 0 Å². The Morgan fingerprint density at radius 3 is 1.59 bits per heavy atom. The van der Waals surface area contributed by atoms with Crippen LogP contribution in [0.1, 0.15) is 28.4 Å². The maximum atomic E-state index is 11.9. The normalized spacial score (nSPS) is 11.2. The summed E-state index contributed by atoms with van der Waals surface area (Å²) in [5, 5.41) is 0. The number of carbonyl (C=O) groups excluding carboxylic acids is 1. The van der Waals surface area contributed by atoms with E-state index in [9.17, 15) is 4.79 Å². The highest BCUT2D eigenvalue weighted by atomic mass is 16.6. The molecule has 0 amide bonds. The molecule has 10 heteroatoms. The van der Waals surface area contributed by atoms with Gasteiger partial charge in [-0.3, -0.25) is 0 Å². The number of methoxy groups -OCH3 is 2. The molecule has 2 aromatic rings. The minimum Gasteiger partial charge on any atom is -0.487 e. The molecule has 228 valence electrons. The topological polar surface area (TPSA) is 100 Å². The van der Waals surface area contributed by atoms with Crippen LogP contribution in [0.25, 0.3) is 12.2 Å². The average Bonchev–Trinajstić information content (AvgIpc) is 2.99. The van der Waals surface area contributed by atoms with Gasteiger partial charge in [-0.25, -0.2) is 4.79 Å². The van der Waals surface area contributed by atoms with Crippen molar-refractivity contribution in [3.8, 4) is 11.5 Å². The van der Waals surface area contributed by atoms with Gasteiger partial charge in [0.2, 0.25) is 0 Å². The van der Waals surface area contributed by atoms with Gasteiger partial charge in [0.05, 0.1) is 78.2 Å². The molecule has 0 bridgehead atoms. The van der Waals surface area contributed by atoms with E-state index < -0.39 is 0 Å². The average molecular weight is 577 g/mol. The lowest BCUT2D eigenvalue weighted by Crippen LogP contribution is -2.14. The van der Waals surface area contributed by atoms with Gasteiger partial charge in [0, 0.05) is 14.2 Å². The second kappa shape index (κ2) is 22.7. The van der Waals surface area contributed by atoms with E-state index in [1.165, 1.54) is 0 Å². The molecular formula is C31H44O10. The Kier molecular flexibility index (Phi) is 18.9. The summed E-state index contributed by atoms with van der Waals surface area (Å²) in [6.45, 7) is 7.83. The molecule has 0 atom stereocenters. The van der Waals surface area contributed by atoms with Crippen molar-refractivity contribution < 1.29 is 47.4 Å². The van der Waals surface area contributed by atoms with Crippen LogP contribution in [0.2, 0.25) is 0 Å². The maximum absolute atomic E-state index is 11.9. The van der Waals surface area contributed by atoms with Crippen molar-refractivity contribution >= 4 is 18.1 Å². The highest BCUT2D eigenvalue weighted by Crippen LogP contribution is 2.29. The monoisotopic (exact) mass is 576 g/mol. The quantitative estimate of drug-likeness (QED) is 0.103. The highest BCUT2D eigenvalue weighted by Gasteiger charge is 2.08. The molecule has 2 rings (SSSR count). The fraction of sp³-hybridized carbons (Fsp3) is 0.516. The van der Waals surface area contributed by atoms with Gasteiger partial charge >= 0.3 is 5.97 Å². The molecule has 0 radical (unpaired) electrons. The zero-order chi connectivity index (χ0) is 29.4. The van der Waals surface area contributed by atoms with Gasteiger partial charge in [-0.15, -0.1) is 0 Å². The lowest BCUT2D eigenvalue weighted by molar-refractivity contribution is 0.0160. The van der Waals surface area contributed by atoms with Crippen molar-refractivity contribution in [1.82, 2.24) is 0 Å². The van der Waals surface area contributed by atoms with Gasteiger partial charge in [-0.2, -0.15) is 0 Å². The maximum Gasteiger partial charge on any atom is 0.338 e. The molecule has 2 aromatic carbocycles. The summed E-state index contributed by atoms with van der Waals surface area (Å²) in [5.41, 5.74) is 2.40. The molecule has 0 aliphatic carbocycles. The van der Waals surface area contributed by atoms with E-state index in [1.807, 2.05) is 42.5 Å². The largest absolute Gasteiger partial charge is 0.487 e. The molecule has 0 aliphatic heterocycles. The number of rotatable bonds is 24. The first-order valence-corrected chi connectivity index (χ1v) is 13.8. The Bertz CT molecular complexity index is 977. The van der Waals surface area contributed by atoms with Crippen molar-refractivity contribution in [2.45, 2.75) is 6.92 Å². The van der Waals surface area contributed by atoms with Crippen molar-refractivity contribution in [3.05, 3.63) is 59.2 Å². The van der Waals surface area contributed by atoms with Crippen LogP contribution in [0.5, 0.6) is 11.5 Å². The summed E-state index contributed by atoms with van der Waals surface area (Å²) < 4.78 is 48.8. The third-order valence-electron chi connectivity index (χ3n) is 5.44. The fourth-order valence-electron chi connectivity index (χ4n) is 3.35. The van der Waals surface area contributed by atoms with E-state index >= 15 is 0 Å². The first kappa shape index (κ1) is 34.2. The Labute approximate surface area is 243 Å². The van der Waals surface area contributed by atoms with Crippen molar-refractivity contribution in [3.63, 3.8) is 0 Å². The number of ether oxygens (including phenoxy) is 9. The lowest BCUT2D eigenvalue weighted by atomic mass is 10.1. The third-order valence-corrected chi connectivity index (χ3v) is 5.44. The van der Waals surface area contributed by atoms with E-state index in [1.54, 1.807) is 33.3 Å². The van der Waals surface area contributed by atoms with Gasteiger partial charge in [-0.1, -0.05) is 30.4 Å². The molecule has 0 fully saturated rings. The Balaban J connectivity index is 1.90. The van der Waals surface area contributed by atoms with E-state index in [4.69, 9.17) is 42.6 Å². The Morgan fingerprint density at radius 1 is 0.585 bits per heavy atom. The van der Waals surface area contributed by atoms with Crippen LogP contribution in [-0.2, 0) is 33.2 Å². The highest BCUT2D eigenvalue weighted by molar-refractivity contribution is 5.89. The third kappa shape index (κ3) is 15.6. The molecule has 0 saturated heterocycles. The zero-order valence-corrected chi connectivity index (χ0v) is 24.5. The van der Waals surface area contributed by atoms with E-state index in [0.29, 0.717) is 103 Å². The summed E-state index contributed by atoms with van der Waals surface area (Å²) >= 11 is 0. The standard InChI is InChI=1S/C31H44O10/c1-4-39-31(32)28-10-7-26(8-11-28)5-6-27-9-12-29(40-23-21-37-19-17-35-15-13-33-2)30(25-27)41-24-22-38-20-18-36-16-14-34-3/h5-12,25H,4,13-24H2,1-3H3/b6-5+. The summed E-state index contributed by atoms with van der Waals surface area (Å²) in [6, 6.07) is 13.0. The van der Waals surface area contributed by atoms with Crippen LogP contribution < -0.4 is 9.47 Å². The minimum atomic E-state index is -0.330. The molecule has 41 heavy (non-hydrogen) atoms. The van der Waals surface area contributed by atoms with Crippen LogP contribution in [0.3, 0.4) is 0 Å². The molecule has 0 aliphatic rings. The van der Waals surface area contributed by atoms with Gasteiger partial charge < -0.3 is 42.6 Å². The molecule has 0 unspecified atom stereocenters. The Morgan fingerprint density at radius 2 is 1.05 bits per heavy atom. The van der Waals surface area contributed by atoms with E-state index in [0.717, 1.165) is 11.1 Å². The number of hydrogen-bond acceptors (Lipinski definition) is 10. The van der Waals surface area contributed by atoms with Crippen LogP contribution in [0.15, 0.2) is 42.5 Å². The van der Waals surface area contributed by atoms with Crippen LogP contribution in [0.4, 0.5) is 0 Å². The van der Waals surface area contributed by atoms with E-state index in [-0.39, 0.29) is 5.97 Å². The lowest BCUT2D eigenvalue weighted by Gasteiger charge is -2.14. The summed E-state index contributed by atoms with van der Waals surface area (Å²) in [4.78, 5) is 11.9. The van der Waals surface area contributed by atoms with Gasteiger partial charge in [0.15, 0.2) is 11.5 Å². The van der Waals surface area contributed by atoms with Gasteiger partial charge in [0.1, 0.15) is 13.2 Å². The second-order valence-electron chi connectivity index (χ2n) is 8.51. The molecule has 0 heterocycles. The van der Waals surface area contributed by atoms with Crippen LogP contribution in [0, 0.1) is 0 Å². The summed E-state index contributed by atoms with van der Waals surface area (Å²) in [5.74, 6) is 0.889. The van der Waals surface area contributed by atoms with Gasteiger partial charge in [0.25, 0.3) is 0 Å². The number of esters is 1. The smallest absolute Gasteiger partial charge is 0.338 e. The van der Waals surface area contributed by atoms with Crippen molar-refractivity contribution in [2.75, 3.05) is 100 Å². The molecule has 0 aromatic heterocycles. The van der Waals surface area contributed by atoms with Crippen molar-refractivity contribution in [1.29, 1.82) is 0 Å². The van der Waals surface area contributed by atoms with Crippen LogP contribution in [-0.4, -0.2) is 106 Å². The predicted molar refractivity (Wildman–Crippen MR) is 156 cm³/mol.